The molecule has 0 saturated carbocycles. The smallest absolute Gasteiger partial charge is 0.261 e. The van der Waals surface area contributed by atoms with Crippen molar-refractivity contribution < 1.29 is 18.3 Å². The van der Waals surface area contributed by atoms with Crippen LogP contribution in [0.1, 0.15) is 44.9 Å². The van der Waals surface area contributed by atoms with Gasteiger partial charge in [0.15, 0.2) is 11.6 Å². The first kappa shape index (κ1) is 20.0. The molecular weight excluding hydrogens is 380 g/mol. The first-order valence-corrected chi connectivity index (χ1v) is 9.74. The Bertz CT molecular complexity index is 1000. The highest BCUT2D eigenvalue weighted by molar-refractivity contribution is 7.12. The molecule has 1 amide bonds. The molecule has 1 N–H and O–H groups in total. The normalized spacial score (nSPS) is 11.9. The molecule has 0 fully saturated rings. The van der Waals surface area contributed by atoms with Gasteiger partial charge in [0.05, 0.1) is 10.9 Å². The molecule has 28 heavy (non-hydrogen) atoms. The van der Waals surface area contributed by atoms with E-state index in [-0.39, 0.29) is 24.3 Å². The molecule has 3 aromatic rings. The quantitative estimate of drug-likeness (QED) is 0.574. The van der Waals surface area contributed by atoms with Crippen molar-refractivity contribution >= 4 is 17.2 Å². The van der Waals surface area contributed by atoms with E-state index in [2.05, 4.69) is 11.4 Å². The number of benzene rings is 2. The molecule has 1 heterocycles. The Balaban J connectivity index is 1.62. The standard InChI is InChI=1S/C22H21F2NO2S/c1-13-4-6-18(14(2)8-13)15(3)25-22(26)21-9-16(12-28-21)11-27-20-7-5-17(23)10-19(20)24/h4-10,12,15H,11H2,1-3H3,(H,25,26). The van der Waals surface area contributed by atoms with Gasteiger partial charge in [-0.05, 0) is 55.5 Å². The average Bonchev–Trinajstić information content (AvgIpc) is 3.10. The van der Waals surface area contributed by atoms with Crippen LogP contribution in [0.4, 0.5) is 8.78 Å². The van der Waals surface area contributed by atoms with E-state index < -0.39 is 11.6 Å². The van der Waals surface area contributed by atoms with Crippen molar-refractivity contribution in [1.82, 2.24) is 5.32 Å². The van der Waals surface area contributed by atoms with Crippen molar-refractivity contribution in [2.75, 3.05) is 0 Å². The molecule has 0 aliphatic carbocycles. The van der Waals surface area contributed by atoms with Crippen molar-refractivity contribution in [3.63, 3.8) is 0 Å². The van der Waals surface area contributed by atoms with Gasteiger partial charge < -0.3 is 10.1 Å². The predicted octanol–water partition coefficient (Wildman–Crippen LogP) is 5.71. The van der Waals surface area contributed by atoms with Gasteiger partial charge in [-0.15, -0.1) is 11.3 Å². The zero-order valence-electron chi connectivity index (χ0n) is 15.9. The number of nitrogens with one attached hydrogen (secondary N) is 1. The molecule has 0 aliphatic rings. The van der Waals surface area contributed by atoms with Crippen LogP contribution in [0.2, 0.25) is 0 Å². The van der Waals surface area contributed by atoms with E-state index in [0.717, 1.165) is 28.8 Å². The zero-order valence-corrected chi connectivity index (χ0v) is 16.7. The number of aryl methyl sites for hydroxylation is 2. The first-order chi connectivity index (χ1) is 13.3. The van der Waals surface area contributed by atoms with Crippen molar-refractivity contribution in [2.24, 2.45) is 0 Å². The molecule has 1 atom stereocenters. The highest BCUT2D eigenvalue weighted by atomic mass is 32.1. The lowest BCUT2D eigenvalue weighted by Crippen LogP contribution is -2.26. The van der Waals surface area contributed by atoms with Gasteiger partial charge in [0.2, 0.25) is 0 Å². The van der Waals surface area contributed by atoms with E-state index in [1.165, 1.54) is 23.0 Å². The van der Waals surface area contributed by atoms with Crippen LogP contribution in [-0.2, 0) is 6.61 Å². The van der Waals surface area contributed by atoms with Gasteiger partial charge in [-0.3, -0.25) is 4.79 Å². The summed E-state index contributed by atoms with van der Waals surface area (Å²) >= 11 is 1.30. The van der Waals surface area contributed by atoms with Gasteiger partial charge in [-0.2, -0.15) is 0 Å². The number of thiophene rings is 1. The number of rotatable bonds is 6. The third-order valence-electron chi connectivity index (χ3n) is 4.41. The number of carbonyl (C=O) groups is 1. The number of hydrogen-bond donors (Lipinski definition) is 1. The van der Waals surface area contributed by atoms with E-state index in [0.29, 0.717) is 4.88 Å². The number of halogens is 2. The van der Waals surface area contributed by atoms with Crippen LogP contribution in [-0.4, -0.2) is 5.91 Å². The molecule has 0 spiro atoms. The SMILES string of the molecule is Cc1ccc(C(C)NC(=O)c2cc(COc3ccc(F)cc3F)cs2)c(C)c1. The van der Waals surface area contributed by atoms with Crippen molar-refractivity contribution in [1.29, 1.82) is 0 Å². The summed E-state index contributed by atoms with van der Waals surface area (Å²) in [4.78, 5) is 13.1. The van der Waals surface area contributed by atoms with Gasteiger partial charge in [0, 0.05) is 11.6 Å². The summed E-state index contributed by atoms with van der Waals surface area (Å²) in [6.45, 7) is 6.11. The molecule has 1 aromatic heterocycles. The monoisotopic (exact) mass is 401 g/mol. The molecule has 0 aliphatic heterocycles. The number of amides is 1. The largest absolute Gasteiger partial charge is 0.486 e. The van der Waals surface area contributed by atoms with Gasteiger partial charge in [0.25, 0.3) is 5.91 Å². The first-order valence-electron chi connectivity index (χ1n) is 8.87. The van der Waals surface area contributed by atoms with Crippen molar-refractivity contribution in [3.8, 4) is 5.75 Å². The fraction of sp³-hybridized carbons (Fsp3) is 0.227. The lowest BCUT2D eigenvalue weighted by atomic mass is 10.0. The fourth-order valence-corrected chi connectivity index (χ4v) is 3.78. The minimum absolute atomic E-state index is 0.0259. The Morgan fingerprint density at radius 2 is 1.93 bits per heavy atom. The molecular formula is C22H21F2NO2S. The molecule has 6 heteroatoms. The van der Waals surface area contributed by atoms with Crippen LogP contribution in [0.3, 0.4) is 0 Å². The summed E-state index contributed by atoms with van der Waals surface area (Å²) in [7, 11) is 0. The predicted molar refractivity (Wildman–Crippen MR) is 107 cm³/mol. The second-order valence-corrected chi connectivity index (χ2v) is 7.65. The second-order valence-electron chi connectivity index (χ2n) is 6.74. The maximum absolute atomic E-state index is 13.6. The molecule has 146 valence electrons. The molecule has 3 nitrogen and oxygen atoms in total. The van der Waals surface area contributed by atoms with Gasteiger partial charge in [-0.1, -0.05) is 23.8 Å². The van der Waals surface area contributed by atoms with E-state index in [9.17, 15) is 13.6 Å². The highest BCUT2D eigenvalue weighted by Gasteiger charge is 2.15. The summed E-state index contributed by atoms with van der Waals surface area (Å²) in [6.07, 6.45) is 0. The summed E-state index contributed by atoms with van der Waals surface area (Å²) in [5.41, 5.74) is 4.14. The zero-order chi connectivity index (χ0) is 20.3. The van der Waals surface area contributed by atoms with Gasteiger partial charge >= 0.3 is 0 Å². The molecule has 0 saturated heterocycles. The van der Waals surface area contributed by atoms with Crippen LogP contribution in [0.15, 0.2) is 47.8 Å². The molecule has 0 bridgehead atoms. The summed E-state index contributed by atoms with van der Waals surface area (Å²) < 4.78 is 31.9. The maximum atomic E-state index is 13.6. The Kier molecular flexibility index (Phi) is 6.09. The molecule has 2 aromatic carbocycles. The van der Waals surface area contributed by atoms with Crippen LogP contribution in [0.25, 0.3) is 0 Å². The van der Waals surface area contributed by atoms with Crippen LogP contribution in [0.5, 0.6) is 5.75 Å². The molecule has 0 radical (unpaired) electrons. The topological polar surface area (TPSA) is 38.3 Å². The summed E-state index contributed by atoms with van der Waals surface area (Å²) in [5, 5.41) is 4.79. The van der Waals surface area contributed by atoms with Gasteiger partial charge in [0.1, 0.15) is 12.4 Å². The highest BCUT2D eigenvalue weighted by Crippen LogP contribution is 2.23. The second kappa shape index (κ2) is 8.52. The third-order valence-corrected chi connectivity index (χ3v) is 5.38. The summed E-state index contributed by atoms with van der Waals surface area (Å²) in [5.74, 6) is -1.61. The van der Waals surface area contributed by atoms with Crippen molar-refractivity contribution in [2.45, 2.75) is 33.4 Å². The van der Waals surface area contributed by atoms with Crippen LogP contribution >= 0.6 is 11.3 Å². The van der Waals surface area contributed by atoms with Crippen LogP contribution < -0.4 is 10.1 Å². The molecule has 1 unspecified atom stereocenters. The third kappa shape index (κ3) is 4.75. The van der Waals surface area contributed by atoms with Crippen molar-refractivity contribution in [3.05, 3.63) is 86.6 Å². The van der Waals surface area contributed by atoms with E-state index in [1.54, 1.807) is 11.4 Å². The van der Waals surface area contributed by atoms with Gasteiger partial charge in [-0.25, -0.2) is 8.78 Å². The maximum Gasteiger partial charge on any atom is 0.261 e. The van der Waals surface area contributed by atoms with E-state index >= 15 is 0 Å². The average molecular weight is 401 g/mol. The van der Waals surface area contributed by atoms with E-state index in [1.807, 2.05) is 32.9 Å². The lowest BCUT2D eigenvalue weighted by Gasteiger charge is -2.16. The summed E-state index contributed by atoms with van der Waals surface area (Å²) in [6, 6.07) is 10.9. The Labute approximate surface area is 167 Å². The number of carbonyl (C=O) groups excluding carboxylic acids is 1. The Morgan fingerprint density at radius 3 is 2.64 bits per heavy atom. The minimum Gasteiger partial charge on any atom is -0.486 e. The minimum atomic E-state index is -0.754. The molecule has 3 rings (SSSR count). The lowest BCUT2D eigenvalue weighted by molar-refractivity contribution is 0.0944. The fourth-order valence-electron chi connectivity index (χ4n) is 2.98. The number of hydrogen-bond acceptors (Lipinski definition) is 3. The van der Waals surface area contributed by atoms with E-state index in [4.69, 9.17) is 4.74 Å². The number of ether oxygens (including phenoxy) is 1. The Morgan fingerprint density at radius 1 is 1.14 bits per heavy atom. The van der Waals surface area contributed by atoms with Crippen LogP contribution in [0, 0.1) is 25.5 Å². The Hall–Kier alpha value is -2.73.